The van der Waals surface area contributed by atoms with Crippen LogP contribution in [0.5, 0.6) is 0 Å². The van der Waals surface area contributed by atoms with Gasteiger partial charge in [-0.2, -0.15) is 0 Å². The highest BCUT2D eigenvalue weighted by molar-refractivity contribution is 6.25. The highest BCUT2D eigenvalue weighted by Crippen LogP contribution is 2.63. The lowest BCUT2D eigenvalue weighted by atomic mass is 9.70. The Morgan fingerprint density at radius 2 is 0.806 bits per heavy atom. The second kappa shape index (κ2) is 13.6. The molecule has 0 bridgehead atoms. The molecule has 10 aromatic rings. The fourth-order valence-electron chi connectivity index (χ4n) is 11.4. The zero-order chi connectivity index (χ0) is 40.8. The van der Waals surface area contributed by atoms with Crippen LogP contribution in [0, 0.1) is 0 Å². The maximum Gasteiger partial charge on any atom is 0.0726 e. The zero-order valence-corrected chi connectivity index (χ0v) is 34.2. The first kappa shape index (κ1) is 35.1. The quantitative estimate of drug-likeness (QED) is 0.157. The molecular weight excluding hydrogens is 747 g/mol. The van der Waals surface area contributed by atoms with E-state index in [0.29, 0.717) is 0 Å². The third-order valence-electron chi connectivity index (χ3n) is 14.0. The Morgan fingerprint density at radius 3 is 1.39 bits per heavy atom. The summed E-state index contributed by atoms with van der Waals surface area (Å²) in [7, 11) is 0. The van der Waals surface area contributed by atoms with E-state index in [-0.39, 0.29) is 6.04 Å². The first-order chi connectivity index (χ1) is 30.8. The van der Waals surface area contributed by atoms with Crippen LogP contribution in [0.1, 0.15) is 34.2 Å². The van der Waals surface area contributed by atoms with Crippen molar-refractivity contribution in [3.05, 3.63) is 258 Å². The van der Waals surface area contributed by atoms with Crippen molar-refractivity contribution in [2.75, 3.05) is 4.90 Å². The van der Waals surface area contributed by atoms with Crippen molar-refractivity contribution >= 4 is 49.3 Å². The Hall–Kier alpha value is -7.74. The van der Waals surface area contributed by atoms with Crippen LogP contribution < -0.4 is 4.90 Å². The molecule has 3 aliphatic rings. The van der Waals surface area contributed by atoms with Crippen molar-refractivity contribution in [2.45, 2.75) is 17.9 Å². The van der Waals surface area contributed by atoms with E-state index >= 15 is 0 Å². The van der Waals surface area contributed by atoms with Gasteiger partial charge in [-0.3, -0.25) is 0 Å². The predicted octanol–water partition coefficient (Wildman–Crippen LogP) is 15.7. The molecule has 1 spiro atoms. The van der Waals surface area contributed by atoms with E-state index in [1.165, 1.54) is 110 Å². The first-order valence-corrected chi connectivity index (χ1v) is 21.9. The topological polar surface area (TPSA) is 3.24 Å². The Labute approximate surface area is 362 Å². The molecule has 0 aromatic heterocycles. The minimum Gasteiger partial charge on any atom is -0.334 e. The summed E-state index contributed by atoms with van der Waals surface area (Å²) in [4.78, 5) is 2.61. The Morgan fingerprint density at radius 1 is 0.355 bits per heavy atom. The minimum atomic E-state index is -0.421. The molecular formula is C61H41N. The summed E-state index contributed by atoms with van der Waals surface area (Å²) in [5, 5.41) is 7.71. The van der Waals surface area contributed by atoms with E-state index in [0.717, 1.165) is 6.42 Å². The van der Waals surface area contributed by atoms with Crippen LogP contribution in [0.3, 0.4) is 0 Å². The highest BCUT2D eigenvalue weighted by Gasteiger charge is 2.51. The molecule has 3 aliphatic carbocycles. The van der Waals surface area contributed by atoms with E-state index in [1.54, 1.807) is 0 Å². The summed E-state index contributed by atoms with van der Waals surface area (Å²) in [5.74, 6) is 0. The summed E-state index contributed by atoms with van der Waals surface area (Å²) < 4.78 is 0. The van der Waals surface area contributed by atoms with Crippen LogP contribution in [0.4, 0.5) is 11.4 Å². The molecule has 0 amide bonds. The van der Waals surface area contributed by atoms with Crippen molar-refractivity contribution in [2.24, 2.45) is 0 Å². The summed E-state index contributed by atoms with van der Waals surface area (Å²) >= 11 is 0. The van der Waals surface area contributed by atoms with Gasteiger partial charge in [0, 0.05) is 11.4 Å². The largest absolute Gasteiger partial charge is 0.334 e. The fourth-order valence-corrected chi connectivity index (χ4v) is 11.4. The molecule has 290 valence electrons. The average molecular weight is 788 g/mol. The van der Waals surface area contributed by atoms with Gasteiger partial charge in [-0.25, -0.2) is 0 Å². The summed E-state index contributed by atoms with van der Waals surface area (Å²) in [6.07, 6.45) is 8.12. The monoisotopic (exact) mass is 787 g/mol. The van der Waals surface area contributed by atoms with Crippen LogP contribution >= 0.6 is 0 Å². The van der Waals surface area contributed by atoms with Gasteiger partial charge in [0.2, 0.25) is 0 Å². The van der Waals surface area contributed by atoms with Crippen LogP contribution in [-0.2, 0) is 5.41 Å². The van der Waals surface area contributed by atoms with Gasteiger partial charge in [-0.05, 0) is 130 Å². The summed E-state index contributed by atoms with van der Waals surface area (Å²) in [6.45, 7) is 0. The van der Waals surface area contributed by atoms with E-state index in [1.807, 2.05) is 0 Å². The molecule has 13 rings (SSSR count). The zero-order valence-electron chi connectivity index (χ0n) is 34.2. The van der Waals surface area contributed by atoms with Crippen molar-refractivity contribution in [3.8, 4) is 33.4 Å². The maximum absolute atomic E-state index is 2.61. The van der Waals surface area contributed by atoms with Gasteiger partial charge >= 0.3 is 0 Å². The molecule has 10 aromatic carbocycles. The summed E-state index contributed by atoms with van der Waals surface area (Å²) in [5.41, 5.74) is 17.7. The van der Waals surface area contributed by atoms with E-state index in [9.17, 15) is 0 Å². The number of nitrogens with zero attached hydrogens (tertiary/aromatic N) is 1. The fraction of sp³-hybridized carbons (Fsp3) is 0.0492. The van der Waals surface area contributed by atoms with Crippen LogP contribution in [-0.4, -0.2) is 6.04 Å². The molecule has 0 heterocycles. The van der Waals surface area contributed by atoms with Gasteiger partial charge in [0.15, 0.2) is 0 Å². The van der Waals surface area contributed by atoms with Crippen molar-refractivity contribution in [1.82, 2.24) is 0 Å². The van der Waals surface area contributed by atoms with E-state index in [4.69, 9.17) is 0 Å². The van der Waals surface area contributed by atoms with Crippen molar-refractivity contribution < 1.29 is 0 Å². The molecule has 0 saturated carbocycles. The van der Waals surface area contributed by atoms with Crippen molar-refractivity contribution in [1.29, 1.82) is 0 Å². The third kappa shape index (κ3) is 4.97. The lowest BCUT2D eigenvalue weighted by Crippen LogP contribution is -2.31. The molecule has 0 aliphatic heterocycles. The summed E-state index contributed by atoms with van der Waals surface area (Å²) in [6, 6.07) is 79.3. The number of allylic oxidation sites excluding steroid dienone is 2. The van der Waals surface area contributed by atoms with Gasteiger partial charge < -0.3 is 4.90 Å². The second-order valence-corrected chi connectivity index (χ2v) is 17.0. The smallest absolute Gasteiger partial charge is 0.0726 e. The third-order valence-corrected chi connectivity index (χ3v) is 14.0. The molecule has 1 unspecified atom stereocenters. The number of rotatable bonds is 5. The van der Waals surface area contributed by atoms with Gasteiger partial charge in [0.1, 0.15) is 0 Å². The predicted molar refractivity (Wildman–Crippen MR) is 261 cm³/mol. The van der Waals surface area contributed by atoms with Crippen LogP contribution in [0.2, 0.25) is 0 Å². The first-order valence-electron chi connectivity index (χ1n) is 21.9. The Bertz CT molecular complexity index is 3420. The lowest BCUT2D eigenvalue weighted by Gasteiger charge is -2.35. The molecule has 0 N–H and O–H groups in total. The Balaban J connectivity index is 1.02. The standard InChI is InChI=1S/C61H41N/c1-2-16-40(17-3-1)45-18-4-5-19-46(45)41-30-32-42(33-31-41)62(43-34-36-51-49-22-7-6-20-47(49)48-21-8-9-23-50(48)56(51)38-43)44-35-37-55-54-26-12-15-29-59(54)61(60(55)39-44)57-27-13-10-24-52(57)53-25-11-14-28-58(53)61/h1-32,34-39,42H,33H2. The number of hydrogen-bond donors (Lipinski definition) is 0. The highest BCUT2D eigenvalue weighted by atomic mass is 15.2. The van der Waals surface area contributed by atoms with E-state index < -0.39 is 5.41 Å². The molecule has 0 fully saturated rings. The minimum absolute atomic E-state index is 0.0766. The Kier molecular flexibility index (Phi) is 7.71. The van der Waals surface area contributed by atoms with Crippen LogP contribution in [0.15, 0.2) is 231 Å². The van der Waals surface area contributed by atoms with Gasteiger partial charge in [-0.15, -0.1) is 0 Å². The lowest BCUT2D eigenvalue weighted by molar-refractivity contribution is 0.775. The number of fused-ring (bicyclic) bond motifs is 16. The average Bonchev–Trinajstić information content (AvgIpc) is 3.82. The number of benzene rings is 10. The van der Waals surface area contributed by atoms with E-state index in [2.05, 4.69) is 235 Å². The van der Waals surface area contributed by atoms with Gasteiger partial charge in [0.25, 0.3) is 0 Å². The van der Waals surface area contributed by atoms with Crippen molar-refractivity contribution in [3.63, 3.8) is 0 Å². The molecule has 0 radical (unpaired) electrons. The number of hydrogen-bond acceptors (Lipinski definition) is 1. The second-order valence-electron chi connectivity index (χ2n) is 17.0. The van der Waals surface area contributed by atoms with Gasteiger partial charge in [0.05, 0.1) is 11.5 Å². The number of anilines is 2. The molecule has 1 atom stereocenters. The normalized spacial score (nSPS) is 15.4. The SMILES string of the molecule is C1=CC(N(c2ccc3c(c2)C2(c4ccccc4-c4ccccc42)c2ccccc2-3)c2ccc3c4ccccc4c4ccccc4c3c2)CC=C1c1ccccc1-c1ccccc1. The van der Waals surface area contributed by atoms with Crippen LogP contribution in [0.25, 0.3) is 71.3 Å². The molecule has 1 heteroatoms. The molecule has 1 nitrogen and oxygen atoms in total. The van der Waals surface area contributed by atoms with Gasteiger partial charge in [-0.1, -0.05) is 206 Å². The maximum atomic E-state index is 2.61. The molecule has 0 saturated heterocycles. The molecule has 62 heavy (non-hydrogen) atoms.